The van der Waals surface area contributed by atoms with Gasteiger partial charge in [0.25, 0.3) is 0 Å². The molecule has 3 rings (SSSR count). The number of hydrogen-bond donors (Lipinski definition) is 2. The maximum atomic E-state index is 9.71. The van der Waals surface area contributed by atoms with Crippen molar-refractivity contribution in [1.82, 2.24) is 5.32 Å². The molecule has 1 aliphatic rings. The number of rotatable bonds is 6. The van der Waals surface area contributed by atoms with Gasteiger partial charge in [0.05, 0.1) is 12.6 Å². The minimum absolute atomic E-state index is 0.00186. The van der Waals surface area contributed by atoms with E-state index in [0.717, 1.165) is 5.56 Å². The minimum atomic E-state index is 0.00186. The Labute approximate surface area is 120 Å². The van der Waals surface area contributed by atoms with E-state index >= 15 is 0 Å². The molecule has 0 saturated heterocycles. The van der Waals surface area contributed by atoms with Gasteiger partial charge in [0.1, 0.15) is 0 Å². The van der Waals surface area contributed by atoms with Gasteiger partial charge in [-0.3, -0.25) is 0 Å². The Balaban J connectivity index is 1.79. The maximum absolute atomic E-state index is 9.71. The first-order valence-electron chi connectivity index (χ1n) is 7.35. The fourth-order valence-corrected chi connectivity index (χ4v) is 2.75. The zero-order valence-corrected chi connectivity index (χ0v) is 11.6. The largest absolute Gasteiger partial charge is 0.394 e. The van der Waals surface area contributed by atoms with Crippen molar-refractivity contribution in [3.8, 4) is 0 Å². The number of hydrogen-bond acceptors (Lipinski definition) is 2. The normalized spacial score (nSPS) is 17.6. The van der Waals surface area contributed by atoms with E-state index in [4.69, 9.17) is 0 Å². The van der Waals surface area contributed by atoms with E-state index in [0.29, 0.717) is 12.0 Å². The van der Waals surface area contributed by atoms with Crippen molar-refractivity contribution in [3.63, 3.8) is 0 Å². The van der Waals surface area contributed by atoms with Crippen molar-refractivity contribution in [2.75, 3.05) is 6.61 Å². The van der Waals surface area contributed by atoms with Gasteiger partial charge in [-0.15, -0.1) is 0 Å². The Bertz CT molecular complexity index is 522. The van der Waals surface area contributed by atoms with Crippen LogP contribution in [0.2, 0.25) is 0 Å². The van der Waals surface area contributed by atoms with Crippen LogP contribution in [0.1, 0.15) is 36.1 Å². The average molecular weight is 267 g/mol. The SMILES string of the molecule is OC[C@@H](NC(c1ccccc1)C1CC1)c1ccccc1. The molecule has 2 heteroatoms. The van der Waals surface area contributed by atoms with Crippen LogP contribution in [0.4, 0.5) is 0 Å². The predicted molar refractivity (Wildman–Crippen MR) is 81.3 cm³/mol. The van der Waals surface area contributed by atoms with Gasteiger partial charge in [-0.05, 0) is 29.9 Å². The topological polar surface area (TPSA) is 32.3 Å². The average Bonchev–Trinajstić information content (AvgIpc) is 3.35. The molecule has 2 nitrogen and oxygen atoms in total. The number of aliphatic hydroxyl groups excluding tert-OH is 1. The van der Waals surface area contributed by atoms with Crippen LogP contribution < -0.4 is 5.32 Å². The van der Waals surface area contributed by atoms with Crippen LogP contribution in [-0.4, -0.2) is 11.7 Å². The minimum Gasteiger partial charge on any atom is -0.394 e. The second-order valence-corrected chi connectivity index (χ2v) is 5.54. The van der Waals surface area contributed by atoms with Gasteiger partial charge >= 0.3 is 0 Å². The molecular weight excluding hydrogens is 246 g/mol. The molecule has 0 radical (unpaired) electrons. The summed E-state index contributed by atoms with van der Waals surface area (Å²) in [6, 6.07) is 21.1. The number of benzene rings is 2. The van der Waals surface area contributed by atoms with Crippen molar-refractivity contribution >= 4 is 0 Å². The third kappa shape index (κ3) is 3.09. The lowest BCUT2D eigenvalue weighted by Crippen LogP contribution is -2.30. The molecule has 0 amide bonds. The van der Waals surface area contributed by atoms with E-state index < -0.39 is 0 Å². The van der Waals surface area contributed by atoms with E-state index in [1.807, 2.05) is 24.3 Å². The molecule has 2 atom stereocenters. The summed E-state index contributed by atoms with van der Waals surface area (Å²) in [4.78, 5) is 0. The highest BCUT2D eigenvalue weighted by Gasteiger charge is 2.33. The second-order valence-electron chi connectivity index (χ2n) is 5.54. The smallest absolute Gasteiger partial charge is 0.0626 e. The van der Waals surface area contributed by atoms with E-state index in [1.165, 1.54) is 18.4 Å². The van der Waals surface area contributed by atoms with Crippen LogP contribution in [0.3, 0.4) is 0 Å². The highest BCUT2D eigenvalue weighted by atomic mass is 16.3. The van der Waals surface area contributed by atoms with Gasteiger partial charge < -0.3 is 10.4 Å². The van der Waals surface area contributed by atoms with Gasteiger partial charge in [0.15, 0.2) is 0 Å². The number of nitrogens with one attached hydrogen (secondary N) is 1. The highest BCUT2D eigenvalue weighted by Crippen LogP contribution is 2.42. The van der Waals surface area contributed by atoms with Gasteiger partial charge in [-0.2, -0.15) is 0 Å². The van der Waals surface area contributed by atoms with Gasteiger partial charge in [0.2, 0.25) is 0 Å². The van der Waals surface area contributed by atoms with E-state index in [2.05, 4.69) is 41.7 Å². The third-order valence-electron chi connectivity index (χ3n) is 4.02. The van der Waals surface area contributed by atoms with Crippen molar-refractivity contribution in [2.24, 2.45) is 5.92 Å². The molecule has 2 aromatic carbocycles. The van der Waals surface area contributed by atoms with E-state index in [9.17, 15) is 5.11 Å². The summed E-state index contributed by atoms with van der Waals surface area (Å²) in [5.41, 5.74) is 2.47. The Morgan fingerprint density at radius 1 is 0.900 bits per heavy atom. The quantitative estimate of drug-likeness (QED) is 0.840. The fraction of sp³-hybridized carbons (Fsp3) is 0.333. The van der Waals surface area contributed by atoms with Crippen LogP contribution in [0.15, 0.2) is 60.7 Å². The number of aliphatic hydroxyl groups is 1. The Hall–Kier alpha value is -1.64. The van der Waals surface area contributed by atoms with E-state index in [-0.39, 0.29) is 12.6 Å². The zero-order valence-electron chi connectivity index (χ0n) is 11.6. The van der Waals surface area contributed by atoms with Crippen molar-refractivity contribution in [2.45, 2.75) is 24.9 Å². The van der Waals surface area contributed by atoms with Gasteiger partial charge in [0, 0.05) is 6.04 Å². The molecule has 1 fully saturated rings. The summed E-state index contributed by atoms with van der Waals surface area (Å²) in [5.74, 6) is 0.704. The standard InChI is InChI=1S/C18H21NO/c20-13-17(14-7-3-1-4-8-14)19-18(16-11-12-16)15-9-5-2-6-10-15/h1-10,16-20H,11-13H2/t17-,18?/m1/s1. The lowest BCUT2D eigenvalue weighted by molar-refractivity contribution is 0.228. The first-order valence-corrected chi connectivity index (χ1v) is 7.35. The summed E-state index contributed by atoms with van der Waals surface area (Å²) in [7, 11) is 0. The highest BCUT2D eigenvalue weighted by molar-refractivity contribution is 5.24. The fourth-order valence-electron chi connectivity index (χ4n) is 2.75. The zero-order chi connectivity index (χ0) is 13.8. The molecule has 0 aliphatic heterocycles. The molecule has 20 heavy (non-hydrogen) atoms. The summed E-state index contributed by atoms with van der Waals surface area (Å²) in [6.45, 7) is 0.125. The molecule has 0 spiro atoms. The summed E-state index contributed by atoms with van der Waals surface area (Å²) in [5, 5.41) is 13.4. The van der Waals surface area contributed by atoms with Crippen LogP contribution in [0.5, 0.6) is 0 Å². The first kappa shape index (κ1) is 13.3. The Morgan fingerprint density at radius 3 is 1.95 bits per heavy atom. The second kappa shape index (κ2) is 6.21. The lowest BCUT2D eigenvalue weighted by Gasteiger charge is -2.25. The van der Waals surface area contributed by atoms with Crippen molar-refractivity contribution in [3.05, 3.63) is 71.8 Å². The summed E-state index contributed by atoms with van der Waals surface area (Å²) < 4.78 is 0. The van der Waals surface area contributed by atoms with Crippen LogP contribution >= 0.6 is 0 Å². The van der Waals surface area contributed by atoms with Crippen LogP contribution in [0.25, 0.3) is 0 Å². The molecule has 0 heterocycles. The Morgan fingerprint density at radius 2 is 1.45 bits per heavy atom. The van der Waals surface area contributed by atoms with Gasteiger partial charge in [-0.25, -0.2) is 0 Å². The molecule has 0 aromatic heterocycles. The van der Waals surface area contributed by atoms with Crippen LogP contribution in [0, 0.1) is 5.92 Å². The predicted octanol–water partition coefficient (Wildman–Crippen LogP) is 3.46. The van der Waals surface area contributed by atoms with Crippen molar-refractivity contribution < 1.29 is 5.11 Å². The molecule has 2 N–H and O–H groups in total. The van der Waals surface area contributed by atoms with Crippen LogP contribution in [-0.2, 0) is 0 Å². The summed E-state index contributed by atoms with van der Waals surface area (Å²) in [6.07, 6.45) is 2.55. The molecular formula is C18H21NO. The Kier molecular flexibility index (Phi) is 4.14. The summed E-state index contributed by atoms with van der Waals surface area (Å²) >= 11 is 0. The third-order valence-corrected chi connectivity index (χ3v) is 4.02. The lowest BCUT2D eigenvalue weighted by atomic mass is 9.99. The van der Waals surface area contributed by atoms with Gasteiger partial charge in [-0.1, -0.05) is 60.7 Å². The molecule has 104 valence electrons. The molecule has 1 aliphatic carbocycles. The molecule has 0 bridgehead atoms. The first-order chi connectivity index (χ1) is 9.88. The maximum Gasteiger partial charge on any atom is 0.0626 e. The van der Waals surface area contributed by atoms with E-state index in [1.54, 1.807) is 0 Å². The monoisotopic (exact) mass is 267 g/mol. The molecule has 1 saturated carbocycles. The van der Waals surface area contributed by atoms with Crippen molar-refractivity contribution in [1.29, 1.82) is 0 Å². The molecule has 2 aromatic rings. The molecule has 1 unspecified atom stereocenters.